The first kappa shape index (κ1) is 25.5. The first-order chi connectivity index (χ1) is 17.2. The minimum absolute atomic E-state index is 0.0140. The smallest absolute Gasteiger partial charge is 0.240 e. The molecule has 194 valence electrons. The van der Waals surface area contributed by atoms with Gasteiger partial charge < -0.3 is 10.2 Å². The normalized spacial score (nSPS) is 28.2. The molecule has 1 aromatic carbocycles. The van der Waals surface area contributed by atoms with Gasteiger partial charge in [0.15, 0.2) is 9.84 Å². The van der Waals surface area contributed by atoms with Gasteiger partial charge in [-0.15, -0.1) is 0 Å². The lowest BCUT2D eigenvalue weighted by molar-refractivity contribution is -0.145. The Balaban J connectivity index is 1.36. The quantitative estimate of drug-likeness (QED) is 0.578. The molecule has 1 N–H and O–H groups in total. The highest BCUT2D eigenvalue weighted by Crippen LogP contribution is 2.37. The predicted octanol–water partition coefficient (Wildman–Crippen LogP) is 3.05. The van der Waals surface area contributed by atoms with Gasteiger partial charge in [0, 0.05) is 31.6 Å². The number of nitrogens with one attached hydrogen (secondary N) is 1. The third-order valence-corrected chi connectivity index (χ3v) is 11.0. The second-order valence-corrected chi connectivity index (χ2v) is 13.4. The van der Waals surface area contributed by atoms with E-state index in [1.54, 1.807) is 23.1 Å². The highest BCUT2D eigenvalue weighted by atomic mass is 35.5. The summed E-state index contributed by atoms with van der Waals surface area (Å²) < 4.78 is 27.1. The summed E-state index contributed by atoms with van der Waals surface area (Å²) in [5.74, 6) is -0.395. The van der Waals surface area contributed by atoms with E-state index in [1.807, 2.05) is 0 Å². The molecule has 8 nitrogen and oxygen atoms in total. The van der Waals surface area contributed by atoms with Gasteiger partial charge in [0.2, 0.25) is 11.8 Å². The molecule has 2 saturated carbocycles. The first-order valence-corrected chi connectivity index (χ1v) is 14.9. The Morgan fingerprint density at radius 3 is 2.47 bits per heavy atom. The fourth-order valence-corrected chi connectivity index (χ4v) is 8.31. The van der Waals surface area contributed by atoms with Crippen LogP contribution in [0.5, 0.6) is 0 Å². The number of amides is 2. The molecule has 2 aliphatic carbocycles. The van der Waals surface area contributed by atoms with Crippen LogP contribution in [-0.2, 0) is 19.4 Å². The summed E-state index contributed by atoms with van der Waals surface area (Å²) in [7, 11) is -3.80. The lowest BCUT2D eigenvalue weighted by Crippen LogP contribution is -2.61. The minimum Gasteiger partial charge on any atom is -0.338 e. The van der Waals surface area contributed by atoms with Crippen LogP contribution in [0.4, 0.5) is 0 Å². The number of hydrogen-bond acceptors (Lipinski definition) is 6. The van der Waals surface area contributed by atoms with Gasteiger partial charge in [-0.05, 0) is 50.7 Å². The number of halogens is 1. The highest BCUT2D eigenvalue weighted by molar-refractivity contribution is 7.92. The highest BCUT2D eigenvalue weighted by Gasteiger charge is 2.49. The van der Waals surface area contributed by atoms with Gasteiger partial charge in [0.1, 0.15) is 5.54 Å². The largest absolute Gasteiger partial charge is 0.338 e. The number of likely N-dealkylation sites (tertiary alicyclic amines) is 2. The minimum atomic E-state index is -3.80. The van der Waals surface area contributed by atoms with Crippen LogP contribution in [-0.4, -0.2) is 72.0 Å². The van der Waals surface area contributed by atoms with E-state index in [2.05, 4.69) is 16.3 Å². The van der Waals surface area contributed by atoms with Crippen molar-refractivity contribution in [2.24, 2.45) is 0 Å². The third kappa shape index (κ3) is 4.88. The molecule has 1 aromatic rings. The molecule has 2 heterocycles. The van der Waals surface area contributed by atoms with Gasteiger partial charge in [0.05, 0.1) is 27.3 Å². The van der Waals surface area contributed by atoms with Gasteiger partial charge in [-0.2, -0.15) is 5.26 Å². The molecule has 0 aromatic heterocycles. The monoisotopic (exact) mass is 532 g/mol. The molecule has 5 rings (SSSR count). The Morgan fingerprint density at radius 2 is 1.86 bits per heavy atom. The summed E-state index contributed by atoms with van der Waals surface area (Å²) >= 11 is 6.23. The van der Waals surface area contributed by atoms with Crippen molar-refractivity contribution in [1.82, 2.24) is 15.1 Å². The summed E-state index contributed by atoms with van der Waals surface area (Å²) in [6.07, 6.45) is 7.91. The summed E-state index contributed by atoms with van der Waals surface area (Å²) in [5, 5.41) is 11.5. The standard InChI is InChI=1S/C26H33ClN4O4S/c27-21-8-4-5-9-23(21)36(34,35)20-14-19(15-24(32)29-26(17-28)11-12-26)31(16-20)25(33)22-10-13-30(22)18-6-2-1-3-7-18/h4-5,8-9,18-20,22H,1-3,6-7,10-16H2,(H,29,32)/t19-,20-,22?/m1/s1. The number of carbonyl (C=O) groups is 2. The van der Waals surface area contributed by atoms with Crippen molar-refractivity contribution < 1.29 is 18.0 Å². The maximum Gasteiger partial charge on any atom is 0.240 e. The van der Waals surface area contributed by atoms with Gasteiger partial charge in [-0.1, -0.05) is 43.0 Å². The number of carbonyl (C=O) groups excluding carboxylic acids is 2. The molecule has 3 atom stereocenters. The van der Waals surface area contributed by atoms with Crippen LogP contribution < -0.4 is 5.32 Å². The second kappa shape index (κ2) is 9.96. The number of rotatable bonds is 7. The molecule has 2 saturated heterocycles. The van der Waals surface area contributed by atoms with E-state index < -0.39 is 26.7 Å². The van der Waals surface area contributed by atoms with E-state index in [1.165, 1.54) is 25.3 Å². The summed E-state index contributed by atoms with van der Waals surface area (Å²) in [6.45, 7) is 0.925. The molecule has 0 radical (unpaired) electrons. The lowest BCUT2D eigenvalue weighted by Gasteiger charge is -2.48. The zero-order chi connectivity index (χ0) is 25.5. The summed E-state index contributed by atoms with van der Waals surface area (Å²) in [4.78, 5) is 30.6. The third-order valence-electron chi connectivity index (χ3n) is 8.39. The van der Waals surface area contributed by atoms with Gasteiger partial charge >= 0.3 is 0 Å². The SMILES string of the molecule is N#CC1(NC(=O)C[C@H]2C[C@@H](S(=O)(=O)c3ccccc3Cl)CN2C(=O)C2CCN2C2CCCCC2)CC1. The van der Waals surface area contributed by atoms with Crippen molar-refractivity contribution in [2.75, 3.05) is 13.1 Å². The van der Waals surface area contributed by atoms with Crippen molar-refractivity contribution in [1.29, 1.82) is 5.26 Å². The van der Waals surface area contributed by atoms with E-state index in [-0.39, 0.29) is 47.2 Å². The number of benzene rings is 1. The molecule has 36 heavy (non-hydrogen) atoms. The molecule has 0 bridgehead atoms. The molecule has 4 fully saturated rings. The van der Waals surface area contributed by atoms with Crippen LogP contribution in [0.1, 0.15) is 64.2 Å². The van der Waals surface area contributed by atoms with E-state index in [4.69, 9.17) is 11.6 Å². The van der Waals surface area contributed by atoms with Crippen molar-refractivity contribution in [3.63, 3.8) is 0 Å². The first-order valence-electron chi connectivity index (χ1n) is 13.0. The number of sulfone groups is 1. The van der Waals surface area contributed by atoms with Gasteiger partial charge in [0.25, 0.3) is 0 Å². The van der Waals surface area contributed by atoms with Crippen LogP contribution in [0.3, 0.4) is 0 Å². The Labute approximate surface area is 217 Å². The van der Waals surface area contributed by atoms with Crippen molar-refractivity contribution in [2.45, 2.75) is 98.0 Å². The maximum atomic E-state index is 13.8. The average molecular weight is 533 g/mol. The van der Waals surface area contributed by atoms with E-state index in [0.29, 0.717) is 18.9 Å². The Morgan fingerprint density at radius 1 is 1.14 bits per heavy atom. The predicted molar refractivity (Wildman–Crippen MR) is 135 cm³/mol. The molecule has 2 aliphatic heterocycles. The molecular weight excluding hydrogens is 500 g/mol. The summed E-state index contributed by atoms with van der Waals surface area (Å²) in [5.41, 5.74) is -0.806. The fourth-order valence-electron chi connectivity index (χ4n) is 6.05. The van der Waals surface area contributed by atoms with Crippen molar-refractivity contribution in [3.05, 3.63) is 29.3 Å². The number of nitriles is 1. The van der Waals surface area contributed by atoms with Crippen molar-refractivity contribution in [3.8, 4) is 6.07 Å². The van der Waals surface area contributed by atoms with Crippen LogP contribution in [0.25, 0.3) is 0 Å². The second-order valence-electron chi connectivity index (χ2n) is 10.8. The van der Waals surface area contributed by atoms with E-state index >= 15 is 0 Å². The van der Waals surface area contributed by atoms with Crippen molar-refractivity contribution >= 4 is 33.3 Å². The molecule has 1 unspecified atom stereocenters. The fraction of sp³-hybridized carbons (Fsp3) is 0.654. The van der Waals surface area contributed by atoms with Gasteiger partial charge in [-0.25, -0.2) is 8.42 Å². The topological polar surface area (TPSA) is 111 Å². The number of hydrogen-bond donors (Lipinski definition) is 1. The Bertz CT molecular complexity index is 1170. The lowest BCUT2D eigenvalue weighted by atomic mass is 9.88. The molecule has 2 amide bonds. The average Bonchev–Trinajstić information content (AvgIpc) is 3.47. The number of nitrogens with zero attached hydrogens (tertiary/aromatic N) is 3. The summed E-state index contributed by atoms with van der Waals surface area (Å²) in [6, 6.07) is 8.11. The van der Waals surface area contributed by atoms with E-state index in [9.17, 15) is 23.3 Å². The Kier molecular flexibility index (Phi) is 7.05. The van der Waals surface area contributed by atoms with Crippen LogP contribution in [0.2, 0.25) is 5.02 Å². The molecule has 0 spiro atoms. The van der Waals surface area contributed by atoms with E-state index in [0.717, 1.165) is 25.8 Å². The van der Waals surface area contributed by atoms with Crippen LogP contribution >= 0.6 is 11.6 Å². The molecule has 10 heteroatoms. The maximum absolute atomic E-state index is 13.8. The van der Waals surface area contributed by atoms with Crippen LogP contribution in [0, 0.1) is 11.3 Å². The zero-order valence-electron chi connectivity index (χ0n) is 20.4. The molecule has 4 aliphatic rings. The zero-order valence-corrected chi connectivity index (χ0v) is 21.9. The molecular formula is C26H33ClN4O4S. The van der Waals surface area contributed by atoms with Crippen LogP contribution in [0.15, 0.2) is 29.2 Å². The Hall–Kier alpha value is -2.15. The van der Waals surface area contributed by atoms with Gasteiger partial charge in [-0.3, -0.25) is 14.5 Å².